The minimum absolute atomic E-state index is 0.139. The quantitative estimate of drug-likeness (QED) is 0.178. The van der Waals surface area contributed by atoms with Gasteiger partial charge in [-0.25, -0.2) is 0 Å². The van der Waals surface area contributed by atoms with Gasteiger partial charge in [0.2, 0.25) is 0 Å². The topological polar surface area (TPSA) is 3.24 Å². The fraction of sp³-hybridized carbons (Fsp3) is 0.346. The highest BCUT2D eigenvalue weighted by molar-refractivity contribution is 7.99. The lowest BCUT2D eigenvalue weighted by Crippen LogP contribution is -2.74. The Labute approximate surface area is 325 Å². The predicted molar refractivity (Wildman–Crippen MR) is 226 cm³/mol. The zero-order valence-corrected chi connectivity index (χ0v) is 32.8. The summed E-state index contributed by atoms with van der Waals surface area (Å²) in [5.74, 6) is 3.47. The zero-order chi connectivity index (χ0) is 36.2. The van der Waals surface area contributed by atoms with Crippen LogP contribution in [0, 0.1) is 29.1 Å². The molecule has 0 N–H and O–H groups in total. The third-order valence-corrected chi connectivity index (χ3v) is 17.2. The van der Waals surface area contributed by atoms with Crippen molar-refractivity contribution in [2.45, 2.75) is 92.3 Å². The Balaban J connectivity index is 1.03. The van der Waals surface area contributed by atoms with Gasteiger partial charge in [0.15, 0.2) is 0 Å². The van der Waals surface area contributed by atoms with E-state index < -0.39 is 0 Å². The minimum Gasteiger partial charge on any atom is -0.310 e. The number of hydrogen-bond acceptors (Lipinski definition) is 2. The van der Waals surface area contributed by atoms with Crippen LogP contribution in [0.1, 0.15) is 88.5 Å². The Hall–Kier alpha value is -4.27. The molecule has 2 bridgehead atoms. The van der Waals surface area contributed by atoms with Gasteiger partial charge in [-0.05, 0) is 160 Å². The molecule has 2 heteroatoms. The molecule has 0 amide bonds. The number of anilines is 3. The van der Waals surface area contributed by atoms with Crippen LogP contribution in [-0.2, 0) is 16.2 Å². The molecule has 1 heterocycles. The van der Waals surface area contributed by atoms with Gasteiger partial charge >= 0.3 is 0 Å². The highest BCUT2D eigenvalue weighted by atomic mass is 32.2. The molecule has 1 aliphatic heterocycles. The smallest absolute Gasteiger partial charge is 0.0540 e. The molecular weight excluding hydrogens is 671 g/mol. The summed E-state index contributed by atoms with van der Waals surface area (Å²) < 4.78 is 0. The zero-order valence-electron chi connectivity index (χ0n) is 32.0. The second-order valence-corrected chi connectivity index (χ2v) is 20.3. The molecule has 0 aromatic heterocycles. The van der Waals surface area contributed by atoms with Crippen LogP contribution in [0.4, 0.5) is 17.1 Å². The summed E-state index contributed by atoms with van der Waals surface area (Å²) in [6.45, 7) is 9.76. The molecule has 6 atom stereocenters. The lowest BCUT2D eigenvalue weighted by Gasteiger charge is -2.78. The highest BCUT2D eigenvalue weighted by Gasteiger charge is 2.84. The first-order valence-electron chi connectivity index (χ1n) is 20.6. The second-order valence-electron chi connectivity index (χ2n) is 19.2. The van der Waals surface area contributed by atoms with E-state index in [1.807, 2.05) is 11.8 Å². The summed E-state index contributed by atoms with van der Waals surface area (Å²) in [5.41, 5.74) is 13.8. The molecule has 268 valence electrons. The SMILES string of the molecule is CC1(C)CCC(C)(C)c2c(-c3ccc(N(c4ccc5c(c4)C4(c6ccccc6S5)C5CC6CC7CC4C75C6)c4cccc5ccccc45)cc3)cccc21. The van der Waals surface area contributed by atoms with Gasteiger partial charge in [0.1, 0.15) is 0 Å². The molecule has 4 saturated carbocycles. The van der Waals surface area contributed by atoms with E-state index in [2.05, 4.69) is 160 Å². The maximum Gasteiger partial charge on any atom is 0.0540 e. The summed E-state index contributed by atoms with van der Waals surface area (Å²) in [5, 5.41) is 2.56. The number of benzene rings is 6. The van der Waals surface area contributed by atoms with Gasteiger partial charge in [0.05, 0.1) is 5.69 Å². The molecule has 2 spiro atoms. The average molecular weight is 720 g/mol. The lowest BCUT2D eigenvalue weighted by atomic mass is 9.26. The first kappa shape index (κ1) is 32.0. The van der Waals surface area contributed by atoms with Crippen LogP contribution >= 0.6 is 11.8 Å². The standard InChI is InChI=1S/C52H49NS/c1-49(2)25-26-50(3,4)48-39(14-10-16-41(48)49)34-19-21-36(22-20-34)53(43-17-9-12-33-11-5-6-13-38(33)43)37-23-24-45-42(30-37)52(40-15-7-8-18-44(40)54-45)46-28-32-27-35-29-47(52)51(35,46)31-32/h5-24,30,32,35,46-47H,25-29,31H2,1-4H3. The number of fused-ring (bicyclic) bond motifs is 9. The van der Waals surface area contributed by atoms with Crippen molar-refractivity contribution in [3.63, 3.8) is 0 Å². The summed E-state index contributed by atoms with van der Waals surface area (Å²) in [6, 6.07) is 49.4. The Morgan fingerprint density at radius 3 is 2.17 bits per heavy atom. The van der Waals surface area contributed by atoms with Crippen molar-refractivity contribution in [3.05, 3.63) is 150 Å². The van der Waals surface area contributed by atoms with E-state index in [-0.39, 0.29) is 16.2 Å². The Kier molecular flexibility index (Phi) is 6.36. The predicted octanol–water partition coefficient (Wildman–Crippen LogP) is 14.1. The van der Waals surface area contributed by atoms with E-state index >= 15 is 0 Å². The molecule has 1 nitrogen and oxygen atoms in total. The Morgan fingerprint density at radius 2 is 1.30 bits per heavy atom. The molecule has 6 aromatic carbocycles. The molecular formula is C52H49NS. The van der Waals surface area contributed by atoms with E-state index in [0.717, 1.165) is 23.7 Å². The molecule has 4 fully saturated rings. The van der Waals surface area contributed by atoms with Crippen molar-refractivity contribution in [2.75, 3.05) is 4.90 Å². The van der Waals surface area contributed by atoms with Crippen LogP contribution in [0.2, 0.25) is 0 Å². The monoisotopic (exact) mass is 719 g/mol. The molecule has 5 aliphatic carbocycles. The minimum atomic E-state index is 0.139. The normalized spacial score (nSPS) is 29.8. The lowest BCUT2D eigenvalue weighted by molar-refractivity contribution is -0.235. The van der Waals surface area contributed by atoms with Crippen molar-refractivity contribution in [3.8, 4) is 11.1 Å². The first-order chi connectivity index (χ1) is 26.2. The van der Waals surface area contributed by atoms with Crippen LogP contribution < -0.4 is 4.90 Å². The van der Waals surface area contributed by atoms with Gasteiger partial charge in [-0.1, -0.05) is 124 Å². The van der Waals surface area contributed by atoms with Crippen LogP contribution in [0.5, 0.6) is 0 Å². The summed E-state index contributed by atoms with van der Waals surface area (Å²) >= 11 is 2.01. The third kappa shape index (κ3) is 3.94. The van der Waals surface area contributed by atoms with Crippen LogP contribution in [0.3, 0.4) is 0 Å². The van der Waals surface area contributed by atoms with Crippen molar-refractivity contribution in [2.24, 2.45) is 29.1 Å². The summed E-state index contributed by atoms with van der Waals surface area (Å²) in [6.07, 6.45) is 8.27. The first-order valence-corrected chi connectivity index (χ1v) is 21.5. The van der Waals surface area contributed by atoms with Crippen LogP contribution in [0.25, 0.3) is 21.9 Å². The third-order valence-electron chi connectivity index (χ3n) is 16.0. The maximum absolute atomic E-state index is 2.65. The van der Waals surface area contributed by atoms with Gasteiger partial charge in [-0.3, -0.25) is 0 Å². The highest BCUT2D eigenvalue weighted by Crippen LogP contribution is 2.89. The molecule has 6 aromatic rings. The Bertz CT molecular complexity index is 2540. The van der Waals surface area contributed by atoms with E-state index in [0.29, 0.717) is 5.41 Å². The van der Waals surface area contributed by atoms with Gasteiger partial charge in [-0.2, -0.15) is 0 Å². The van der Waals surface area contributed by atoms with Gasteiger partial charge < -0.3 is 4.90 Å². The fourth-order valence-electron chi connectivity index (χ4n) is 13.8. The van der Waals surface area contributed by atoms with E-state index in [9.17, 15) is 0 Å². The van der Waals surface area contributed by atoms with E-state index in [4.69, 9.17) is 0 Å². The van der Waals surface area contributed by atoms with E-state index in [1.165, 1.54) is 98.4 Å². The number of rotatable bonds is 4. The van der Waals surface area contributed by atoms with Gasteiger partial charge in [0.25, 0.3) is 0 Å². The maximum atomic E-state index is 2.65. The molecule has 6 aliphatic rings. The van der Waals surface area contributed by atoms with Crippen LogP contribution in [0.15, 0.2) is 137 Å². The molecule has 0 radical (unpaired) electrons. The molecule has 54 heavy (non-hydrogen) atoms. The molecule has 6 unspecified atom stereocenters. The second kappa shape index (κ2) is 10.7. The van der Waals surface area contributed by atoms with Crippen molar-refractivity contribution in [1.82, 2.24) is 0 Å². The van der Waals surface area contributed by atoms with Crippen LogP contribution in [-0.4, -0.2) is 0 Å². The summed E-state index contributed by atoms with van der Waals surface area (Å²) in [4.78, 5) is 5.54. The largest absolute Gasteiger partial charge is 0.310 e. The number of nitrogens with zero attached hydrogens (tertiary/aromatic N) is 1. The van der Waals surface area contributed by atoms with Crippen molar-refractivity contribution in [1.29, 1.82) is 0 Å². The summed E-state index contributed by atoms with van der Waals surface area (Å²) in [7, 11) is 0. The average Bonchev–Trinajstić information content (AvgIpc) is 3.72. The fourth-order valence-corrected chi connectivity index (χ4v) is 15.0. The number of hydrogen-bond donors (Lipinski definition) is 0. The Morgan fingerprint density at radius 1 is 0.593 bits per heavy atom. The molecule has 0 saturated heterocycles. The van der Waals surface area contributed by atoms with E-state index in [1.54, 1.807) is 11.1 Å². The molecule has 12 rings (SSSR count). The van der Waals surface area contributed by atoms with Crippen molar-refractivity contribution < 1.29 is 0 Å². The van der Waals surface area contributed by atoms with Gasteiger partial charge in [0, 0.05) is 32.0 Å². The van der Waals surface area contributed by atoms with Gasteiger partial charge in [-0.15, -0.1) is 0 Å². The van der Waals surface area contributed by atoms with Crippen molar-refractivity contribution >= 4 is 39.6 Å².